The van der Waals surface area contributed by atoms with Gasteiger partial charge in [0.25, 0.3) is 11.8 Å². The van der Waals surface area contributed by atoms with E-state index in [1.165, 1.54) is 21.1 Å². The van der Waals surface area contributed by atoms with E-state index in [1.807, 2.05) is 0 Å². The van der Waals surface area contributed by atoms with Gasteiger partial charge in [-0.1, -0.05) is 26.7 Å². The molecule has 1 unspecified atom stereocenters. The van der Waals surface area contributed by atoms with Crippen LogP contribution in [0.4, 0.5) is 0 Å². The molecule has 1 saturated carbocycles. The van der Waals surface area contributed by atoms with Gasteiger partial charge in [-0.3, -0.25) is 9.59 Å². The molecule has 30 heavy (non-hydrogen) atoms. The van der Waals surface area contributed by atoms with Gasteiger partial charge in [0.1, 0.15) is 17.5 Å². The molecule has 8 heteroatoms. The predicted molar refractivity (Wildman–Crippen MR) is 112 cm³/mol. The van der Waals surface area contributed by atoms with Crippen LogP contribution in [0.3, 0.4) is 0 Å². The smallest absolute Gasteiger partial charge is 0.329 e. The minimum atomic E-state index is -0.937. The lowest BCUT2D eigenvalue weighted by Crippen LogP contribution is -2.48. The number of hydrogen-bond donors (Lipinski definition) is 2. The Labute approximate surface area is 177 Å². The van der Waals surface area contributed by atoms with Crippen LogP contribution in [0.15, 0.2) is 18.2 Å². The number of ether oxygens (including phenoxy) is 3. The molecule has 0 radical (unpaired) electrons. The van der Waals surface area contributed by atoms with Crippen LogP contribution in [0.1, 0.15) is 56.8 Å². The molecule has 0 bridgehead atoms. The van der Waals surface area contributed by atoms with E-state index in [9.17, 15) is 14.4 Å². The van der Waals surface area contributed by atoms with Crippen molar-refractivity contribution in [1.82, 2.24) is 10.6 Å². The normalized spacial score (nSPS) is 15.9. The third-order valence-electron chi connectivity index (χ3n) is 5.18. The van der Waals surface area contributed by atoms with Gasteiger partial charge in [-0.2, -0.15) is 0 Å². The molecule has 0 aliphatic heterocycles. The van der Waals surface area contributed by atoms with E-state index in [1.54, 1.807) is 32.0 Å². The van der Waals surface area contributed by atoms with E-state index in [2.05, 4.69) is 10.6 Å². The molecule has 2 N–H and O–H groups in total. The van der Waals surface area contributed by atoms with Crippen LogP contribution in [0.5, 0.6) is 11.5 Å². The molecule has 1 aromatic carbocycles. The first-order chi connectivity index (χ1) is 14.2. The van der Waals surface area contributed by atoms with Crippen LogP contribution >= 0.6 is 0 Å². The first-order valence-corrected chi connectivity index (χ1v) is 10.3. The second kappa shape index (κ2) is 10.8. The molecule has 1 aliphatic carbocycles. The minimum absolute atomic E-state index is 0.141. The van der Waals surface area contributed by atoms with Crippen LogP contribution in [-0.2, 0) is 14.3 Å². The van der Waals surface area contributed by atoms with E-state index in [0.717, 1.165) is 25.7 Å². The lowest BCUT2D eigenvalue weighted by Gasteiger charge is -2.24. The fourth-order valence-corrected chi connectivity index (χ4v) is 3.35. The van der Waals surface area contributed by atoms with Crippen molar-refractivity contribution in [2.75, 3.05) is 14.2 Å². The third kappa shape index (κ3) is 6.37. The van der Waals surface area contributed by atoms with E-state index in [0.29, 0.717) is 11.5 Å². The van der Waals surface area contributed by atoms with Crippen LogP contribution in [-0.4, -0.2) is 50.2 Å². The highest BCUT2D eigenvalue weighted by Crippen LogP contribution is 2.23. The molecule has 8 nitrogen and oxygen atoms in total. The zero-order valence-electron chi connectivity index (χ0n) is 18.3. The zero-order chi connectivity index (χ0) is 22.3. The van der Waals surface area contributed by atoms with E-state index in [4.69, 9.17) is 14.2 Å². The molecule has 2 atom stereocenters. The Balaban J connectivity index is 2.03. The van der Waals surface area contributed by atoms with Gasteiger partial charge in [-0.05, 0) is 37.8 Å². The largest absolute Gasteiger partial charge is 0.497 e. The molecular formula is C22H32N2O6. The standard InChI is InChI=1S/C22H32N2O6/c1-13(2)19(22(27)30-14(3)20(25)23-16-8-6-7-9-16)24-21(26)15-10-17(28-4)12-18(11-15)29-5/h10-14,16,19H,6-9H2,1-5H3,(H,23,25)(H,24,26)/t14?,19-/m0/s1. The average Bonchev–Trinajstić information content (AvgIpc) is 3.23. The Morgan fingerprint density at radius 1 is 0.967 bits per heavy atom. The lowest BCUT2D eigenvalue weighted by atomic mass is 10.0. The van der Waals surface area contributed by atoms with E-state index >= 15 is 0 Å². The fourth-order valence-electron chi connectivity index (χ4n) is 3.35. The van der Waals surface area contributed by atoms with Crippen molar-refractivity contribution in [2.24, 2.45) is 5.92 Å². The third-order valence-corrected chi connectivity index (χ3v) is 5.18. The summed E-state index contributed by atoms with van der Waals surface area (Å²) in [6, 6.07) is 3.99. The van der Waals surface area contributed by atoms with Gasteiger partial charge in [0.2, 0.25) is 0 Å². The number of nitrogens with one attached hydrogen (secondary N) is 2. The number of rotatable bonds is 9. The van der Waals surface area contributed by atoms with Gasteiger partial charge in [0.15, 0.2) is 6.10 Å². The van der Waals surface area contributed by atoms with Crippen molar-refractivity contribution < 1.29 is 28.6 Å². The van der Waals surface area contributed by atoms with Crippen molar-refractivity contribution in [2.45, 2.75) is 64.6 Å². The van der Waals surface area contributed by atoms with Gasteiger partial charge in [-0.25, -0.2) is 4.79 Å². The van der Waals surface area contributed by atoms with E-state index in [-0.39, 0.29) is 23.4 Å². The summed E-state index contributed by atoms with van der Waals surface area (Å²) in [5, 5.41) is 5.61. The van der Waals surface area contributed by atoms with Gasteiger partial charge in [0, 0.05) is 17.7 Å². The van der Waals surface area contributed by atoms with Crippen molar-refractivity contribution in [3.63, 3.8) is 0 Å². The Bertz CT molecular complexity index is 736. The van der Waals surface area contributed by atoms with Crippen molar-refractivity contribution in [3.8, 4) is 11.5 Å². The molecule has 2 amide bonds. The Morgan fingerprint density at radius 3 is 2.03 bits per heavy atom. The average molecular weight is 421 g/mol. The Hall–Kier alpha value is -2.77. The summed E-state index contributed by atoms with van der Waals surface area (Å²) in [6.45, 7) is 5.12. The predicted octanol–water partition coefficient (Wildman–Crippen LogP) is 2.45. The van der Waals surface area contributed by atoms with E-state index < -0.39 is 24.0 Å². The molecule has 0 heterocycles. The Morgan fingerprint density at radius 2 is 1.53 bits per heavy atom. The number of benzene rings is 1. The Kier molecular flexibility index (Phi) is 8.50. The molecule has 0 saturated heterocycles. The highest BCUT2D eigenvalue weighted by atomic mass is 16.5. The molecule has 1 fully saturated rings. The summed E-state index contributed by atoms with van der Waals surface area (Å²) >= 11 is 0. The number of methoxy groups -OCH3 is 2. The molecule has 0 aromatic heterocycles. The molecule has 1 aromatic rings. The molecule has 1 aliphatic rings. The maximum Gasteiger partial charge on any atom is 0.329 e. The monoisotopic (exact) mass is 420 g/mol. The highest BCUT2D eigenvalue weighted by Gasteiger charge is 2.30. The number of carbonyl (C=O) groups excluding carboxylic acids is 3. The fraction of sp³-hybridized carbons (Fsp3) is 0.591. The topological polar surface area (TPSA) is 103 Å². The number of esters is 1. The summed E-state index contributed by atoms with van der Waals surface area (Å²) < 4.78 is 15.7. The van der Waals surface area contributed by atoms with Crippen LogP contribution in [0, 0.1) is 5.92 Å². The van der Waals surface area contributed by atoms with Gasteiger partial charge >= 0.3 is 5.97 Å². The second-order valence-electron chi connectivity index (χ2n) is 7.87. The van der Waals surface area contributed by atoms with Crippen LogP contribution in [0.2, 0.25) is 0 Å². The van der Waals surface area contributed by atoms with Crippen LogP contribution < -0.4 is 20.1 Å². The number of hydrogen-bond acceptors (Lipinski definition) is 6. The number of amides is 2. The van der Waals surface area contributed by atoms with Gasteiger partial charge < -0.3 is 24.8 Å². The highest BCUT2D eigenvalue weighted by molar-refractivity contribution is 5.97. The zero-order valence-corrected chi connectivity index (χ0v) is 18.3. The summed E-state index contributed by atoms with van der Waals surface area (Å²) in [6.07, 6.45) is 3.14. The molecule has 2 rings (SSSR count). The quantitative estimate of drug-likeness (QED) is 0.595. The SMILES string of the molecule is COc1cc(OC)cc(C(=O)N[C@H](C(=O)OC(C)C(=O)NC2CCCC2)C(C)C)c1. The summed E-state index contributed by atoms with van der Waals surface area (Å²) in [4.78, 5) is 37.7. The summed E-state index contributed by atoms with van der Waals surface area (Å²) in [5.41, 5.74) is 0.289. The molecular weight excluding hydrogens is 388 g/mol. The molecule has 166 valence electrons. The molecule has 0 spiro atoms. The van der Waals surface area contributed by atoms with Crippen molar-refractivity contribution in [3.05, 3.63) is 23.8 Å². The van der Waals surface area contributed by atoms with Gasteiger partial charge in [0.05, 0.1) is 14.2 Å². The maximum atomic E-state index is 12.7. The first-order valence-electron chi connectivity index (χ1n) is 10.3. The summed E-state index contributed by atoms with van der Waals surface area (Å²) in [7, 11) is 2.98. The van der Waals surface area contributed by atoms with Crippen LogP contribution in [0.25, 0.3) is 0 Å². The number of carbonyl (C=O) groups is 3. The summed E-state index contributed by atoms with van der Waals surface area (Å²) in [5.74, 6) is -0.755. The maximum absolute atomic E-state index is 12.7. The van der Waals surface area contributed by atoms with Crippen molar-refractivity contribution in [1.29, 1.82) is 0 Å². The first kappa shape index (κ1) is 23.5. The lowest BCUT2D eigenvalue weighted by molar-refractivity contribution is -0.157. The van der Waals surface area contributed by atoms with Crippen molar-refractivity contribution >= 4 is 17.8 Å². The minimum Gasteiger partial charge on any atom is -0.497 e. The second-order valence-corrected chi connectivity index (χ2v) is 7.87. The van der Waals surface area contributed by atoms with Gasteiger partial charge in [-0.15, -0.1) is 0 Å².